The van der Waals surface area contributed by atoms with Gasteiger partial charge in [-0.3, -0.25) is 14.9 Å². The third-order valence-corrected chi connectivity index (χ3v) is 4.53. The summed E-state index contributed by atoms with van der Waals surface area (Å²) < 4.78 is 21.3. The molecule has 0 bridgehead atoms. The number of methoxy groups -OCH3 is 1. The molecule has 0 saturated heterocycles. The minimum atomic E-state index is -0.439. The highest BCUT2D eigenvalue weighted by atomic mass is 32.1. The molecule has 0 fully saturated rings. The van der Waals surface area contributed by atoms with Crippen molar-refractivity contribution in [3.63, 3.8) is 0 Å². The maximum absolute atomic E-state index is 12.3. The number of nitrogens with one attached hydrogen (secondary N) is 1. The summed E-state index contributed by atoms with van der Waals surface area (Å²) in [7, 11) is 1.56. The Labute approximate surface area is 171 Å². The number of amides is 1. The molecule has 1 aromatic carbocycles. The summed E-state index contributed by atoms with van der Waals surface area (Å²) in [5.41, 5.74) is 0.536. The highest BCUT2D eigenvalue weighted by molar-refractivity contribution is 7.14. The van der Waals surface area contributed by atoms with Crippen molar-refractivity contribution in [3.05, 3.63) is 59.0 Å². The largest absolute Gasteiger partial charge is 0.493 e. The number of hydrogen-bond donors (Lipinski definition) is 1. The first kappa shape index (κ1) is 20.4. The number of carbonyl (C=O) groups excluding carboxylic acids is 2. The third-order valence-electron chi connectivity index (χ3n) is 3.73. The molecule has 152 valence electrons. The quantitative estimate of drug-likeness (QED) is 0.531. The average molecular weight is 416 g/mol. The zero-order chi connectivity index (χ0) is 20.6. The maximum Gasteiger partial charge on any atom is 0.311 e. The molecule has 0 atom stereocenters. The molecule has 3 rings (SSSR count). The molecule has 0 unspecified atom stereocenters. The van der Waals surface area contributed by atoms with Crippen LogP contribution in [0.4, 0.5) is 5.13 Å². The second-order valence-corrected chi connectivity index (χ2v) is 6.64. The number of benzene rings is 1. The van der Waals surface area contributed by atoms with Gasteiger partial charge in [0.15, 0.2) is 22.4 Å². The van der Waals surface area contributed by atoms with E-state index in [-0.39, 0.29) is 24.8 Å². The number of hydrogen-bond acceptors (Lipinski definition) is 8. The summed E-state index contributed by atoms with van der Waals surface area (Å²) in [5, 5.41) is 4.72. The predicted molar refractivity (Wildman–Crippen MR) is 106 cm³/mol. The molecule has 0 aliphatic heterocycles. The first-order chi connectivity index (χ1) is 14.1. The molecular weight excluding hydrogens is 396 g/mol. The third kappa shape index (κ3) is 5.58. The molecule has 2 aromatic heterocycles. The highest BCUT2D eigenvalue weighted by Gasteiger charge is 2.15. The Morgan fingerprint density at radius 2 is 1.97 bits per heavy atom. The number of furan rings is 1. The van der Waals surface area contributed by atoms with Gasteiger partial charge in [-0.2, -0.15) is 0 Å². The van der Waals surface area contributed by atoms with Crippen molar-refractivity contribution in [2.24, 2.45) is 0 Å². The smallest absolute Gasteiger partial charge is 0.311 e. The van der Waals surface area contributed by atoms with Crippen molar-refractivity contribution >= 4 is 28.3 Å². The second kappa shape index (κ2) is 9.74. The van der Waals surface area contributed by atoms with Gasteiger partial charge in [-0.25, -0.2) is 4.98 Å². The van der Waals surface area contributed by atoms with Gasteiger partial charge in [0.05, 0.1) is 25.8 Å². The average Bonchev–Trinajstić information content (AvgIpc) is 3.36. The van der Waals surface area contributed by atoms with Crippen molar-refractivity contribution in [2.75, 3.05) is 19.0 Å². The van der Waals surface area contributed by atoms with Crippen molar-refractivity contribution in [3.8, 4) is 11.5 Å². The van der Waals surface area contributed by atoms with E-state index in [9.17, 15) is 9.59 Å². The van der Waals surface area contributed by atoms with E-state index in [1.165, 1.54) is 11.3 Å². The number of carbonyl (C=O) groups is 2. The van der Waals surface area contributed by atoms with Crippen LogP contribution in [0.1, 0.15) is 28.9 Å². The Hall–Kier alpha value is -3.33. The SMILES string of the molecule is CCOC(=O)Cc1csc(NC(=O)c2ccc(COc3ccccc3OC)o2)n1. The minimum Gasteiger partial charge on any atom is -0.493 e. The standard InChI is InChI=1S/C20H20N2O6S/c1-3-26-18(23)10-13-12-29-20(21-13)22-19(24)17-9-8-14(28-17)11-27-16-7-5-4-6-15(16)25-2/h4-9,12H,3,10-11H2,1-2H3,(H,21,22,24). The zero-order valence-corrected chi connectivity index (χ0v) is 16.8. The Morgan fingerprint density at radius 3 is 2.72 bits per heavy atom. The fraction of sp³-hybridized carbons (Fsp3) is 0.250. The summed E-state index contributed by atoms with van der Waals surface area (Å²) in [5.74, 6) is 1.01. The van der Waals surface area contributed by atoms with Crippen LogP contribution >= 0.6 is 11.3 Å². The van der Waals surface area contributed by atoms with Crippen LogP contribution in [0.25, 0.3) is 0 Å². The molecule has 0 saturated carbocycles. The van der Waals surface area contributed by atoms with Crippen molar-refractivity contribution in [2.45, 2.75) is 20.0 Å². The van der Waals surface area contributed by atoms with E-state index in [1.54, 1.807) is 43.7 Å². The summed E-state index contributed by atoms with van der Waals surface area (Å²) in [6.07, 6.45) is 0.0609. The lowest BCUT2D eigenvalue weighted by atomic mass is 10.3. The van der Waals surface area contributed by atoms with E-state index >= 15 is 0 Å². The summed E-state index contributed by atoms with van der Waals surface area (Å²) >= 11 is 1.22. The van der Waals surface area contributed by atoms with Crippen molar-refractivity contribution < 1.29 is 28.2 Å². The van der Waals surface area contributed by atoms with Gasteiger partial charge in [0.25, 0.3) is 5.91 Å². The van der Waals surface area contributed by atoms with E-state index in [2.05, 4.69) is 10.3 Å². The summed E-state index contributed by atoms with van der Waals surface area (Å²) in [6.45, 7) is 2.20. The molecule has 1 amide bonds. The molecule has 0 radical (unpaired) electrons. The fourth-order valence-corrected chi connectivity index (χ4v) is 3.13. The number of ether oxygens (including phenoxy) is 3. The van der Waals surface area contributed by atoms with Gasteiger partial charge in [0.1, 0.15) is 12.4 Å². The van der Waals surface area contributed by atoms with Crippen LogP contribution in [-0.4, -0.2) is 30.6 Å². The van der Waals surface area contributed by atoms with E-state index in [0.717, 1.165) is 0 Å². The van der Waals surface area contributed by atoms with Gasteiger partial charge in [0, 0.05) is 5.38 Å². The zero-order valence-electron chi connectivity index (χ0n) is 16.0. The van der Waals surface area contributed by atoms with Gasteiger partial charge >= 0.3 is 5.97 Å². The van der Waals surface area contributed by atoms with Crippen molar-refractivity contribution in [1.82, 2.24) is 4.98 Å². The second-order valence-electron chi connectivity index (χ2n) is 5.79. The topological polar surface area (TPSA) is 99.9 Å². The Kier molecular flexibility index (Phi) is 6.85. The summed E-state index contributed by atoms with van der Waals surface area (Å²) in [6, 6.07) is 10.5. The number of esters is 1. The van der Waals surface area contributed by atoms with Gasteiger partial charge < -0.3 is 18.6 Å². The van der Waals surface area contributed by atoms with Crippen LogP contribution in [0.2, 0.25) is 0 Å². The fourth-order valence-electron chi connectivity index (χ4n) is 2.43. The molecule has 3 aromatic rings. The molecule has 0 aliphatic carbocycles. The Morgan fingerprint density at radius 1 is 1.17 bits per heavy atom. The van der Waals surface area contributed by atoms with Gasteiger partial charge in [-0.1, -0.05) is 12.1 Å². The Balaban J connectivity index is 1.55. The molecule has 9 heteroatoms. The molecule has 2 heterocycles. The van der Waals surface area contributed by atoms with Crippen LogP contribution in [0.3, 0.4) is 0 Å². The lowest BCUT2D eigenvalue weighted by Gasteiger charge is -2.08. The van der Waals surface area contributed by atoms with E-state index in [4.69, 9.17) is 18.6 Å². The van der Waals surface area contributed by atoms with Gasteiger partial charge in [0.2, 0.25) is 0 Å². The van der Waals surface area contributed by atoms with E-state index in [1.807, 2.05) is 12.1 Å². The molecule has 0 spiro atoms. The van der Waals surface area contributed by atoms with Gasteiger partial charge in [-0.05, 0) is 31.2 Å². The maximum atomic E-state index is 12.3. The number of para-hydroxylation sites is 2. The first-order valence-corrected chi connectivity index (χ1v) is 9.73. The number of nitrogens with zero attached hydrogens (tertiary/aromatic N) is 1. The lowest BCUT2D eigenvalue weighted by molar-refractivity contribution is -0.142. The molecule has 8 nitrogen and oxygen atoms in total. The van der Waals surface area contributed by atoms with Crippen LogP contribution in [0.5, 0.6) is 11.5 Å². The molecular formula is C20H20N2O6S. The highest BCUT2D eigenvalue weighted by Crippen LogP contribution is 2.27. The van der Waals surface area contributed by atoms with Gasteiger partial charge in [-0.15, -0.1) is 11.3 Å². The van der Waals surface area contributed by atoms with Crippen LogP contribution in [0, 0.1) is 0 Å². The van der Waals surface area contributed by atoms with Crippen molar-refractivity contribution in [1.29, 1.82) is 0 Å². The molecule has 1 N–H and O–H groups in total. The summed E-state index contributed by atoms with van der Waals surface area (Å²) in [4.78, 5) is 28.0. The minimum absolute atomic E-state index is 0.0609. The predicted octanol–water partition coefficient (Wildman–Crippen LogP) is 3.68. The number of thiazole rings is 1. The normalized spacial score (nSPS) is 10.4. The van der Waals surface area contributed by atoms with E-state index < -0.39 is 5.91 Å². The number of anilines is 1. The lowest BCUT2D eigenvalue weighted by Crippen LogP contribution is -2.11. The van der Waals surface area contributed by atoms with E-state index in [0.29, 0.717) is 34.7 Å². The first-order valence-electron chi connectivity index (χ1n) is 8.85. The van der Waals surface area contributed by atoms with Crippen LogP contribution in [0.15, 0.2) is 46.2 Å². The number of aromatic nitrogens is 1. The molecule has 29 heavy (non-hydrogen) atoms. The molecule has 0 aliphatic rings. The number of rotatable bonds is 9. The van der Waals surface area contributed by atoms with Crippen LogP contribution in [-0.2, 0) is 22.6 Å². The monoisotopic (exact) mass is 416 g/mol. The Bertz CT molecular complexity index is 981. The van der Waals surface area contributed by atoms with Crippen LogP contribution < -0.4 is 14.8 Å².